The van der Waals surface area contributed by atoms with Crippen molar-refractivity contribution in [1.82, 2.24) is 14.8 Å². The molecule has 1 unspecified atom stereocenters. The molecule has 0 spiro atoms. The normalized spacial score (nSPS) is 18.4. The van der Waals surface area contributed by atoms with Crippen LogP contribution in [0.2, 0.25) is 0 Å². The molecule has 0 bridgehead atoms. The van der Waals surface area contributed by atoms with Gasteiger partial charge in [0.1, 0.15) is 6.54 Å². The molecule has 1 aliphatic rings. The molecule has 1 fully saturated rings. The summed E-state index contributed by atoms with van der Waals surface area (Å²) in [5.41, 5.74) is 0.938. The number of aromatic nitrogens is 1. The highest BCUT2D eigenvalue weighted by molar-refractivity contribution is 5.83. The molecular formula is C16H23N3O2. The van der Waals surface area contributed by atoms with E-state index in [-0.39, 0.29) is 18.4 Å². The van der Waals surface area contributed by atoms with Gasteiger partial charge in [-0.15, -0.1) is 0 Å². The van der Waals surface area contributed by atoms with Crippen molar-refractivity contribution in [3.63, 3.8) is 0 Å². The Hall–Kier alpha value is -1.91. The Morgan fingerprint density at radius 2 is 2.29 bits per heavy atom. The zero-order valence-corrected chi connectivity index (χ0v) is 12.8. The van der Waals surface area contributed by atoms with Crippen molar-refractivity contribution in [3.8, 4) is 0 Å². The van der Waals surface area contributed by atoms with Crippen LogP contribution in [0.3, 0.4) is 0 Å². The second-order valence-corrected chi connectivity index (χ2v) is 5.82. The Kier molecular flexibility index (Phi) is 5.31. The monoisotopic (exact) mass is 289 g/mol. The third kappa shape index (κ3) is 4.55. The summed E-state index contributed by atoms with van der Waals surface area (Å²) in [6, 6.07) is 3.75. The minimum absolute atomic E-state index is 0.0423. The van der Waals surface area contributed by atoms with Gasteiger partial charge in [0.05, 0.1) is 0 Å². The SMILES string of the molecule is CC(=O)N(CC(=O)N1CCCC(C)C1)Cc1cccnc1. The van der Waals surface area contributed by atoms with Gasteiger partial charge in [0, 0.05) is 39.0 Å². The maximum Gasteiger partial charge on any atom is 0.242 e. The highest BCUT2D eigenvalue weighted by atomic mass is 16.2. The standard InChI is InChI=1S/C16H23N3O2/c1-13-5-4-8-18(10-13)16(21)12-19(14(2)20)11-15-6-3-7-17-9-15/h3,6-7,9,13H,4-5,8,10-12H2,1-2H3. The lowest BCUT2D eigenvalue weighted by atomic mass is 10.0. The van der Waals surface area contributed by atoms with Crippen LogP contribution in [0.25, 0.3) is 0 Å². The molecule has 1 aliphatic heterocycles. The van der Waals surface area contributed by atoms with Gasteiger partial charge in [0.15, 0.2) is 0 Å². The van der Waals surface area contributed by atoms with Gasteiger partial charge in [-0.05, 0) is 30.4 Å². The fraction of sp³-hybridized carbons (Fsp3) is 0.562. The number of amides is 2. The minimum atomic E-state index is -0.0859. The first kappa shape index (κ1) is 15.5. The maximum absolute atomic E-state index is 12.4. The first-order valence-electron chi connectivity index (χ1n) is 7.48. The van der Waals surface area contributed by atoms with Gasteiger partial charge in [-0.25, -0.2) is 0 Å². The van der Waals surface area contributed by atoms with Crippen LogP contribution in [0.1, 0.15) is 32.3 Å². The molecule has 1 aromatic heterocycles. The Morgan fingerprint density at radius 3 is 2.90 bits per heavy atom. The number of carbonyl (C=O) groups is 2. The fourth-order valence-corrected chi connectivity index (χ4v) is 2.67. The zero-order chi connectivity index (χ0) is 15.2. The van der Waals surface area contributed by atoms with Gasteiger partial charge >= 0.3 is 0 Å². The summed E-state index contributed by atoms with van der Waals surface area (Å²) >= 11 is 0. The predicted octanol–water partition coefficient (Wildman–Crippen LogP) is 1.69. The lowest BCUT2D eigenvalue weighted by molar-refractivity contribution is -0.140. The summed E-state index contributed by atoms with van der Waals surface area (Å²) in [4.78, 5) is 31.6. The van der Waals surface area contributed by atoms with Crippen LogP contribution in [0.5, 0.6) is 0 Å². The molecule has 21 heavy (non-hydrogen) atoms. The molecule has 0 aliphatic carbocycles. The van der Waals surface area contributed by atoms with Gasteiger partial charge < -0.3 is 9.80 Å². The van der Waals surface area contributed by atoms with Gasteiger partial charge in [-0.2, -0.15) is 0 Å². The summed E-state index contributed by atoms with van der Waals surface area (Å²) in [5.74, 6) is 0.504. The van der Waals surface area contributed by atoms with E-state index in [0.29, 0.717) is 12.5 Å². The largest absolute Gasteiger partial charge is 0.341 e. The summed E-state index contributed by atoms with van der Waals surface area (Å²) in [6.07, 6.45) is 5.65. The quantitative estimate of drug-likeness (QED) is 0.847. The van der Waals surface area contributed by atoms with Crippen molar-refractivity contribution in [1.29, 1.82) is 0 Å². The number of likely N-dealkylation sites (tertiary alicyclic amines) is 1. The molecule has 0 saturated carbocycles. The third-order valence-electron chi connectivity index (χ3n) is 3.88. The molecule has 2 rings (SSSR count). The second-order valence-electron chi connectivity index (χ2n) is 5.82. The van der Waals surface area contributed by atoms with E-state index < -0.39 is 0 Å². The van der Waals surface area contributed by atoms with Gasteiger partial charge in [0.25, 0.3) is 0 Å². The summed E-state index contributed by atoms with van der Waals surface area (Å²) in [5, 5.41) is 0. The van der Waals surface area contributed by atoms with E-state index in [0.717, 1.165) is 25.1 Å². The van der Waals surface area contributed by atoms with Crippen molar-refractivity contribution in [2.45, 2.75) is 33.2 Å². The number of rotatable bonds is 4. The van der Waals surface area contributed by atoms with Crippen LogP contribution in [-0.2, 0) is 16.1 Å². The van der Waals surface area contributed by atoms with Crippen LogP contribution in [0.15, 0.2) is 24.5 Å². The minimum Gasteiger partial charge on any atom is -0.341 e. The number of hydrogen-bond acceptors (Lipinski definition) is 3. The van der Waals surface area contributed by atoms with E-state index in [1.54, 1.807) is 17.3 Å². The molecule has 114 valence electrons. The highest BCUT2D eigenvalue weighted by Gasteiger charge is 2.23. The molecule has 5 heteroatoms. The van der Waals surface area contributed by atoms with Crippen LogP contribution in [0, 0.1) is 5.92 Å². The second kappa shape index (κ2) is 7.20. The molecule has 1 atom stereocenters. The molecule has 5 nitrogen and oxygen atoms in total. The number of nitrogens with zero attached hydrogens (tertiary/aromatic N) is 3. The van der Waals surface area contributed by atoms with E-state index in [4.69, 9.17) is 0 Å². The van der Waals surface area contributed by atoms with Crippen molar-refractivity contribution < 1.29 is 9.59 Å². The Labute approximate surface area is 126 Å². The van der Waals surface area contributed by atoms with Gasteiger partial charge in [-0.1, -0.05) is 13.0 Å². The molecule has 2 heterocycles. The molecule has 0 radical (unpaired) electrons. The lowest BCUT2D eigenvalue weighted by Crippen LogP contribution is -2.45. The summed E-state index contributed by atoms with van der Waals surface area (Å²) in [6.45, 7) is 5.86. The van der Waals surface area contributed by atoms with Crippen LogP contribution < -0.4 is 0 Å². The maximum atomic E-state index is 12.4. The predicted molar refractivity (Wildman–Crippen MR) is 80.3 cm³/mol. The van der Waals surface area contributed by atoms with Gasteiger partial charge in [0.2, 0.25) is 11.8 Å². The number of pyridine rings is 1. The highest BCUT2D eigenvalue weighted by Crippen LogP contribution is 2.16. The van der Waals surface area contributed by atoms with Crippen molar-refractivity contribution in [2.24, 2.45) is 5.92 Å². The fourth-order valence-electron chi connectivity index (χ4n) is 2.67. The molecular weight excluding hydrogens is 266 g/mol. The first-order chi connectivity index (χ1) is 10.1. The number of hydrogen-bond donors (Lipinski definition) is 0. The average Bonchev–Trinajstić information content (AvgIpc) is 2.47. The Bertz CT molecular complexity index is 490. The van der Waals surface area contributed by atoms with E-state index in [1.165, 1.54) is 13.3 Å². The Morgan fingerprint density at radius 1 is 1.48 bits per heavy atom. The van der Waals surface area contributed by atoms with E-state index >= 15 is 0 Å². The van der Waals surface area contributed by atoms with Crippen LogP contribution >= 0.6 is 0 Å². The molecule has 1 saturated heterocycles. The molecule has 0 aromatic carbocycles. The molecule has 2 amide bonds. The van der Waals surface area contributed by atoms with Crippen LogP contribution in [0.4, 0.5) is 0 Å². The third-order valence-corrected chi connectivity index (χ3v) is 3.88. The zero-order valence-electron chi connectivity index (χ0n) is 12.8. The van der Waals surface area contributed by atoms with Crippen molar-refractivity contribution >= 4 is 11.8 Å². The smallest absolute Gasteiger partial charge is 0.242 e. The van der Waals surface area contributed by atoms with E-state index in [1.807, 2.05) is 17.0 Å². The Balaban J connectivity index is 1.96. The summed E-state index contributed by atoms with van der Waals surface area (Å²) in [7, 11) is 0. The topological polar surface area (TPSA) is 53.5 Å². The van der Waals surface area contributed by atoms with Crippen molar-refractivity contribution in [3.05, 3.63) is 30.1 Å². The number of piperidine rings is 1. The summed E-state index contributed by atoms with van der Waals surface area (Å²) < 4.78 is 0. The van der Waals surface area contributed by atoms with E-state index in [9.17, 15) is 9.59 Å². The molecule has 0 N–H and O–H groups in total. The number of carbonyl (C=O) groups excluding carboxylic acids is 2. The van der Waals surface area contributed by atoms with Gasteiger partial charge in [-0.3, -0.25) is 14.6 Å². The van der Waals surface area contributed by atoms with E-state index in [2.05, 4.69) is 11.9 Å². The molecule has 1 aromatic rings. The first-order valence-corrected chi connectivity index (χ1v) is 7.48. The van der Waals surface area contributed by atoms with Crippen LogP contribution in [-0.4, -0.2) is 46.2 Å². The van der Waals surface area contributed by atoms with Crippen molar-refractivity contribution in [2.75, 3.05) is 19.6 Å². The lowest BCUT2D eigenvalue weighted by Gasteiger charge is -2.32. The average molecular weight is 289 g/mol.